The summed E-state index contributed by atoms with van der Waals surface area (Å²) >= 11 is 0. The van der Waals surface area contributed by atoms with Crippen molar-refractivity contribution in [3.05, 3.63) is 82.0 Å². The summed E-state index contributed by atoms with van der Waals surface area (Å²) in [5.74, 6) is -0.592. The normalized spacial score (nSPS) is 18.5. The molecule has 1 aromatic heterocycles. The molecule has 0 aliphatic carbocycles. The molecule has 4 rings (SSSR count). The Balaban J connectivity index is 1.86. The summed E-state index contributed by atoms with van der Waals surface area (Å²) in [5, 5.41) is 25.4. The predicted octanol–water partition coefficient (Wildman–Crippen LogP) is 4.26. The summed E-state index contributed by atoms with van der Waals surface area (Å²) in [6, 6.07) is 18.6. The zero-order valence-corrected chi connectivity index (χ0v) is 15.3. The number of nitrogens with zero attached hydrogens (tertiary/aromatic N) is 2. The summed E-state index contributed by atoms with van der Waals surface area (Å²) in [6.07, 6.45) is 0.666. The number of aryl methyl sites for hydroxylation is 2. The number of nitrogens with one attached hydrogen (secondary N) is 2. The number of benzene rings is 2. The van der Waals surface area contributed by atoms with Crippen LogP contribution in [0.2, 0.25) is 0 Å². The number of H-pyrrole nitrogens is 1. The van der Waals surface area contributed by atoms with E-state index in [1.807, 2.05) is 31.2 Å². The Morgan fingerprint density at radius 3 is 2.67 bits per heavy atom. The zero-order chi connectivity index (χ0) is 19.0. The molecule has 0 fully saturated rings. The molecule has 0 bridgehead atoms. The van der Waals surface area contributed by atoms with Crippen LogP contribution in [0.15, 0.2) is 48.5 Å². The van der Waals surface area contributed by atoms with E-state index in [2.05, 4.69) is 47.5 Å². The second-order valence-electron chi connectivity index (χ2n) is 6.99. The molecule has 1 aliphatic heterocycles. The second-order valence-corrected chi connectivity index (χ2v) is 6.99. The molecule has 2 N–H and O–H groups in total. The molecule has 5 nitrogen and oxygen atoms in total. The number of ether oxygens (including phenoxy) is 1. The Kier molecular flexibility index (Phi) is 4.25. The molecular weight excluding hydrogens is 336 g/mol. The van der Waals surface area contributed by atoms with E-state index in [-0.39, 0.29) is 11.8 Å². The number of aromatic nitrogens is 2. The van der Waals surface area contributed by atoms with Crippen molar-refractivity contribution >= 4 is 5.90 Å². The van der Waals surface area contributed by atoms with Gasteiger partial charge in [0.25, 0.3) is 0 Å². The van der Waals surface area contributed by atoms with Gasteiger partial charge in [-0.1, -0.05) is 54.1 Å². The van der Waals surface area contributed by atoms with E-state index in [1.165, 1.54) is 5.56 Å². The number of aromatic amines is 1. The molecular formula is C22H20N4O. The molecule has 3 aromatic rings. The van der Waals surface area contributed by atoms with E-state index in [0.29, 0.717) is 12.3 Å². The first-order valence-corrected chi connectivity index (χ1v) is 8.92. The zero-order valence-electron chi connectivity index (χ0n) is 15.3. The SMILES string of the molecule is Cc1ccc(C2c3c(n[nH]c3Cc3ccccc3)OC(=N)C2C#N)c(C)c1. The summed E-state index contributed by atoms with van der Waals surface area (Å²) in [4.78, 5) is 0. The van der Waals surface area contributed by atoms with Crippen LogP contribution in [0.25, 0.3) is 0 Å². The standard InChI is InChI=1S/C22H20N4O/c1-13-8-9-16(14(2)10-13)19-17(12-23)21(24)27-22-20(19)18(25-26-22)11-15-6-4-3-5-7-15/h3-10,17,19,24H,11H2,1-2H3,(H,25,26). The molecule has 2 heterocycles. The lowest BCUT2D eigenvalue weighted by Gasteiger charge is -2.29. The molecule has 0 saturated carbocycles. The van der Waals surface area contributed by atoms with E-state index in [0.717, 1.165) is 27.9 Å². The molecule has 5 heteroatoms. The van der Waals surface area contributed by atoms with Gasteiger partial charge in [0, 0.05) is 23.6 Å². The van der Waals surface area contributed by atoms with Crippen LogP contribution < -0.4 is 4.74 Å². The van der Waals surface area contributed by atoms with E-state index in [4.69, 9.17) is 10.1 Å². The lowest BCUT2D eigenvalue weighted by atomic mass is 9.77. The fourth-order valence-electron chi connectivity index (χ4n) is 3.83. The molecule has 2 unspecified atom stereocenters. The highest BCUT2D eigenvalue weighted by molar-refractivity contribution is 5.85. The summed E-state index contributed by atoms with van der Waals surface area (Å²) < 4.78 is 5.59. The van der Waals surface area contributed by atoms with Gasteiger partial charge in [-0.2, -0.15) is 5.26 Å². The van der Waals surface area contributed by atoms with Crippen LogP contribution in [-0.2, 0) is 6.42 Å². The first kappa shape index (κ1) is 17.0. The maximum absolute atomic E-state index is 9.78. The highest BCUT2D eigenvalue weighted by atomic mass is 16.5. The molecule has 134 valence electrons. The highest BCUT2D eigenvalue weighted by Gasteiger charge is 2.40. The third-order valence-corrected chi connectivity index (χ3v) is 5.10. The average molecular weight is 356 g/mol. The Labute approximate surface area is 158 Å². The van der Waals surface area contributed by atoms with Crippen LogP contribution in [0.3, 0.4) is 0 Å². The Morgan fingerprint density at radius 2 is 1.96 bits per heavy atom. The minimum atomic E-state index is -0.675. The molecule has 2 atom stereocenters. The number of nitriles is 1. The molecule has 1 aliphatic rings. The van der Waals surface area contributed by atoms with E-state index in [9.17, 15) is 5.26 Å². The van der Waals surface area contributed by atoms with Gasteiger partial charge < -0.3 is 4.74 Å². The van der Waals surface area contributed by atoms with E-state index in [1.54, 1.807) is 0 Å². The molecule has 2 aromatic carbocycles. The summed E-state index contributed by atoms with van der Waals surface area (Å²) in [7, 11) is 0. The van der Waals surface area contributed by atoms with Gasteiger partial charge in [-0.25, -0.2) is 0 Å². The molecule has 0 spiro atoms. The molecule has 0 amide bonds. The Hall–Kier alpha value is -3.39. The van der Waals surface area contributed by atoms with Gasteiger partial charge in [-0.15, -0.1) is 5.10 Å². The van der Waals surface area contributed by atoms with Crippen LogP contribution in [-0.4, -0.2) is 16.1 Å². The van der Waals surface area contributed by atoms with E-state index >= 15 is 0 Å². The summed E-state index contributed by atoms with van der Waals surface area (Å²) in [5.41, 5.74) is 6.27. The number of fused-ring (bicyclic) bond motifs is 1. The third kappa shape index (κ3) is 3.00. The minimum Gasteiger partial charge on any atom is -0.422 e. The number of rotatable bonds is 3. The van der Waals surface area contributed by atoms with Crippen LogP contribution in [0, 0.1) is 36.5 Å². The maximum atomic E-state index is 9.78. The highest BCUT2D eigenvalue weighted by Crippen LogP contribution is 2.44. The molecule has 0 saturated heterocycles. The molecule has 27 heavy (non-hydrogen) atoms. The first-order valence-electron chi connectivity index (χ1n) is 8.92. The maximum Gasteiger partial charge on any atom is 0.243 e. The van der Waals surface area contributed by atoms with E-state index < -0.39 is 5.92 Å². The quantitative estimate of drug-likeness (QED) is 0.735. The minimum absolute atomic E-state index is 0.0484. The fraction of sp³-hybridized carbons (Fsp3) is 0.227. The van der Waals surface area contributed by atoms with Gasteiger partial charge in [-0.3, -0.25) is 10.5 Å². The second kappa shape index (κ2) is 6.73. The number of hydrogen-bond acceptors (Lipinski definition) is 4. The average Bonchev–Trinajstić information content (AvgIpc) is 3.04. The van der Waals surface area contributed by atoms with Gasteiger partial charge in [-0.05, 0) is 30.5 Å². The van der Waals surface area contributed by atoms with Crippen LogP contribution in [0.4, 0.5) is 0 Å². The van der Waals surface area contributed by atoms with Crippen LogP contribution in [0.5, 0.6) is 5.88 Å². The van der Waals surface area contributed by atoms with Gasteiger partial charge in [0.05, 0.1) is 6.07 Å². The smallest absolute Gasteiger partial charge is 0.243 e. The largest absolute Gasteiger partial charge is 0.422 e. The van der Waals surface area contributed by atoms with Gasteiger partial charge >= 0.3 is 0 Å². The van der Waals surface area contributed by atoms with Crippen LogP contribution in [0.1, 0.15) is 39.4 Å². The monoisotopic (exact) mass is 356 g/mol. The number of hydrogen-bond donors (Lipinski definition) is 2. The van der Waals surface area contributed by atoms with Crippen molar-refractivity contribution in [3.8, 4) is 11.9 Å². The fourth-order valence-corrected chi connectivity index (χ4v) is 3.83. The van der Waals surface area contributed by atoms with Gasteiger partial charge in [0.2, 0.25) is 11.8 Å². The third-order valence-electron chi connectivity index (χ3n) is 5.10. The molecule has 0 radical (unpaired) electrons. The van der Waals surface area contributed by atoms with Crippen molar-refractivity contribution < 1.29 is 4.74 Å². The van der Waals surface area contributed by atoms with Crippen molar-refractivity contribution in [1.82, 2.24) is 10.2 Å². The van der Waals surface area contributed by atoms with Crippen LogP contribution >= 0.6 is 0 Å². The van der Waals surface area contributed by atoms with Gasteiger partial charge in [0.15, 0.2) is 0 Å². The predicted molar refractivity (Wildman–Crippen MR) is 103 cm³/mol. The van der Waals surface area contributed by atoms with Crippen molar-refractivity contribution in [2.24, 2.45) is 5.92 Å². The Morgan fingerprint density at radius 1 is 1.19 bits per heavy atom. The first-order chi connectivity index (χ1) is 13.1. The van der Waals surface area contributed by atoms with Crippen molar-refractivity contribution in [3.63, 3.8) is 0 Å². The van der Waals surface area contributed by atoms with Crippen molar-refractivity contribution in [2.45, 2.75) is 26.2 Å². The summed E-state index contributed by atoms with van der Waals surface area (Å²) in [6.45, 7) is 4.10. The topological polar surface area (TPSA) is 85.5 Å². The lowest BCUT2D eigenvalue weighted by Crippen LogP contribution is -2.31. The van der Waals surface area contributed by atoms with Gasteiger partial charge in [0.1, 0.15) is 5.92 Å². The lowest BCUT2D eigenvalue weighted by molar-refractivity contribution is 0.436. The Bertz CT molecular complexity index is 1050. The van der Waals surface area contributed by atoms with Crippen molar-refractivity contribution in [1.29, 1.82) is 10.7 Å². The van der Waals surface area contributed by atoms with Crippen molar-refractivity contribution in [2.75, 3.05) is 0 Å².